The van der Waals surface area contributed by atoms with Crippen LogP contribution in [0.15, 0.2) is 44.8 Å². The lowest BCUT2D eigenvalue weighted by Gasteiger charge is -2.48. The Bertz CT molecular complexity index is 902. The minimum absolute atomic E-state index is 0.0182. The van der Waals surface area contributed by atoms with Crippen LogP contribution in [0.25, 0.3) is 11.3 Å². The van der Waals surface area contributed by atoms with E-state index in [0.717, 1.165) is 20.5 Å². The Morgan fingerprint density at radius 2 is 2.19 bits per heavy atom. The highest BCUT2D eigenvalue weighted by molar-refractivity contribution is 8.07. The first kappa shape index (κ1) is 17.6. The molecule has 0 spiro atoms. The topological polar surface area (TPSA) is 72.4 Å². The first-order chi connectivity index (χ1) is 12.6. The Labute approximate surface area is 163 Å². The Morgan fingerprint density at radius 1 is 1.42 bits per heavy atom. The van der Waals surface area contributed by atoms with Gasteiger partial charge in [0.2, 0.25) is 5.91 Å². The Morgan fingerprint density at radius 3 is 2.92 bits per heavy atom. The van der Waals surface area contributed by atoms with Crippen molar-refractivity contribution >= 4 is 54.8 Å². The molecule has 2 aromatic heterocycles. The molecule has 0 saturated carbocycles. The maximum Gasteiger partial charge on any atom is 0.337 e. The van der Waals surface area contributed by atoms with Crippen molar-refractivity contribution in [3.63, 3.8) is 0 Å². The Balaban J connectivity index is 1.63. The third-order valence-corrected chi connectivity index (χ3v) is 7.87. The van der Waals surface area contributed by atoms with Crippen molar-refractivity contribution in [2.24, 2.45) is 5.92 Å². The number of pyridine rings is 1. The number of carbonyl (C=O) groups excluding carboxylic acids is 2. The number of aromatic nitrogens is 2. The number of hydrogen-bond acceptors (Lipinski definition) is 8. The largest absolute Gasteiger partial charge is 0.539 e. The van der Waals surface area contributed by atoms with Gasteiger partial charge in [-0.25, -0.2) is 9.78 Å². The summed E-state index contributed by atoms with van der Waals surface area (Å²) < 4.78 is 5.76. The van der Waals surface area contributed by atoms with E-state index < -0.39 is 5.97 Å². The molecule has 0 radical (unpaired) electrons. The van der Waals surface area contributed by atoms with Crippen LogP contribution in [0, 0.1) is 5.92 Å². The van der Waals surface area contributed by atoms with E-state index in [1.54, 1.807) is 29.1 Å². The van der Waals surface area contributed by atoms with E-state index in [4.69, 9.17) is 4.65 Å². The molecule has 4 rings (SSSR count). The van der Waals surface area contributed by atoms with Gasteiger partial charge in [-0.1, -0.05) is 18.7 Å². The molecule has 0 aromatic carbocycles. The number of carbonyl (C=O) groups is 2. The summed E-state index contributed by atoms with van der Waals surface area (Å²) in [5, 5.41) is 2.00. The molecule has 1 amide bonds. The molecule has 0 N–H and O–H groups in total. The summed E-state index contributed by atoms with van der Waals surface area (Å²) in [6.07, 6.45) is 3.46. The van der Waals surface area contributed by atoms with E-state index in [9.17, 15) is 9.59 Å². The summed E-state index contributed by atoms with van der Waals surface area (Å²) in [7, 11) is 1.34. The molecule has 6 nitrogen and oxygen atoms in total. The van der Waals surface area contributed by atoms with Crippen LogP contribution >= 0.6 is 34.9 Å². The van der Waals surface area contributed by atoms with E-state index in [0.29, 0.717) is 11.4 Å². The van der Waals surface area contributed by atoms with Crippen LogP contribution in [0.1, 0.15) is 6.92 Å². The van der Waals surface area contributed by atoms with Gasteiger partial charge in [0.15, 0.2) is 4.34 Å². The molecule has 0 unspecified atom stereocenters. The molecule has 1 fully saturated rings. The molecule has 4 heterocycles. The number of thiazole rings is 1. The molecule has 2 aliphatic heterocycles. The second kappa shape index (κ2) is 7.09. The van der Waals surface area contributed by atoms with Crippen LogP contribution in [-0.4, -0.2) is 45.9 Å². The second-order valence-electron chi connectivity index (χ2n) is 5.80. The normalized spacial score (nSPS) is 22.0. The minimum Gasteiger partial charge on any atom is -0.539 e. The van der Waals surface area contributed by atoms with Crippen molar-refractivity contribution < 1.29 is 14.2 Å². The highest BCUT2D eigenvalue weighted by atomic mass is 32.2. The van der Waals surface area contributed by atoms with Gasteiger partial charge in [-0.2, -0.15) is 0 Å². The van der Waals surface area contributed by atoms with Gasteiger partial charge in [-0.3, -0.25) is 14.7 Å². The molecule has 2 aromatic rings. The first-order valence-corrected chi connectivity index (χ1v) is 10.6. The smallest absolute Gasteiger partial charge is 0.337 e. The molecule has 2 aliphatic rings. The average molecular weight is 403 g/mol. The van der Waals surface area contributed by atoms with Gasteiger partial charge in [0.25, 0.3) is 0 Å². The van der Waals surface area contributed by atoms with Crippen LogP contribution in [-0.2, 0) is 14.2 Å². The zero-order valence-electron chi connectivity index (χ0n) is 14.0. The molecule has 0 aliphatic carbocycles. The Kier molecular flexibility index (Phi) is 4.81. The number of rotatable bonds is 4. The van der Waals surface area contributed by atoms with E-state index in [1.807, 2.05) is 24.4 Å². The molecule has 1 saturated heterocycles. The van der Waals surface area contributed by atoms with E-state index in [-0.39, 0.29) is 17.2 Å². The third-order valence-electron chi connectivity index (χ3n) is 4.25. The number of nitrogens with zero attached hydrogens (tertiary/aromatic N) is 3. The summed E-state index contributed by atoms with van der Waals surface area (Å²) >= 11 is 4.62. The molecule has 2 atom stereocenters. The predicted octanol–water partition coefficient (Wildman–Crippen LogP) is 2.15. The average Bonchev–Trinajstić information content (AvgIpc) is 3.15. The molecule has 132 valence electrons. The van der Waals surface area contributed by atoms with Gasteiger partial charge in [0.05, 0.1) is 17.0 Å². The fourth-order valence-corrected chi connectivity index (χ4v) is 6.37. The van der Waals surface area contributed by atoms with Crippen LogP contribution in [0.5, 0.6) is 0 Å². The number of amides is 1. The standard InChI is InChI=1S/C16H14BN3O3S3/c1-8-13(21)20-12(15(22)23-17)11(7-24-14(8)20)26-16-19-10(6-25-16)9-2-4-18-5-3-9/h2-6,8,14H,7,17H2,1H3/t8-,14-/m1/s1. The van der Waals surface area contributed by atoms with Gasteiger partial charge in [0, 0.05) is 34.0 Å². The molecular weight excluding hydrogens is 389 g/mol. The number of thioether (sulfide) groups is 2. The van der Waals surface area contributed by atoms with Crippen molar-refractivity contribution in [3.8, 4) is 11.3 Å². The predicted molar refractivity (Wildman–Crippen MR) is 105 cm³/mol. The van der Waals surface area contributed by atoms with Gasteiger partial charge in [-0.05, 0) is 12.1 Å². The summed E-state index contributed by atoms with van der Waals surface area (Å²) in [5.41, 5.74) is 2.23. The van der Waals surface area contributed by atoms with Crippen molar-refractivity contribution in [3.05, 3.63) is 40.5 Å². The van der Waals surface area contributed by atoms with Crippen molar-refractivity contribution in [1.29, 1.82) is 0 Å². The fourth-order valence-electron chi connectivity index (χ4n) is 2.88. The quantitative estimate of drug-likeness (QED) is 0.572. The van der Waals surface area contributed by atoms with Crippen LogP contribution in [0.4, 0.5) is 0 Å². The van der Waals surface area contributed by atoms with Crippen molar-refractivity contribution in [2.45, 2.75) is 16.6 Å². The zero-order chi connectivity index (χ0) is 18.3. The van der Waals surface area contributed by atoms with Gasteiger partial charge >= 0.3 is 14.0 Å². The highest BCUT2D eigenvalue weighted by Gasteiger charge is 2.51. The second-order valence-corrected chi connectivity index (χ2v) is 9.10. The molecule has 26 heavy (non-hydrogen) atoms. The van der Waals surface area contributed by atoms with Gasteiger partial charge in [-0.15, -0.1) is 23.1 Å². The van der Waals surface area contributed by atoms with Crippen LogP contribution in [0.2, 0.25) is 0 Å². The maximum atomic E-state index is 12.3. The van der Waals surface area contributed by atoms with Gasteiger partial charge in [0.1, 0.15) is 5.70 Å². The SMILES string of the molecule is BOC(=O)C1=C(Sc2nc(-c3ccncc3)cs2)CS[C@@H]2[C@H](C)C(=O)N12. The summed E-state index contributed by atoms with van der Waals surface area (Å²) in [4.78, 5) is 35.6. The van der Waals surface area contributed by atoms with Crippen molar-refractivity contribution in [2.75, 3.05) is 5.75 Å². The van der Waals surface area contributed by atoms with Gasteiger partial charge < -0.3 is 4.65 Å². The number of fused-ring (bicyclic) bond motifs is 1. The first-order valence-electron chi connectivity index (χ1n) is 7.90. The lowest BCUT2D eigenvalue weighted by Crippen LogP contribution is -2.60. The van der Waals surface area contributed by atoms with Crippen molar-refractivity contribution in [1.82, 2.24) is 14.9 Å². The van der Waals surface area contributed by atoms with Crippen LogP contribution in [0.3, 0.4) is 0 Å². The number of β-lactam (4-membered cyclic amide) rings is 1. The lowest BCUT2D eigenvalue weighted by molar-refractivity contribution is -0.150. The highest BCUT2D eigenvalue weighted by Crippen LogP contribution is 2.48. The lowest BCUT2D eigenvalue weighted by atomic mass is 9.99. The summed E-state index contributed by atoms with van der Waals surface area (Å²) in [5.74, 6) is 0.101. The Hall–Kier alpha value is -1.78. The molecule has 0 bridgehead atoms. The fraction of sp³-hybridized carbons (Fsp3) is 0.250. The molecular formula is C16H14BN3O3S3. The number of hydrogen-bond donors (Lipinski definition) is 0. The maximum absolute atomic E-state index is 12.3. The summed E-state index contributed by atoms with van der Waals surface area (Å²) in [6.45, 7) is 1.89. The van der Waals surface area contributed by atoms with E-state index in [2.05, 4.69) is 9.97 Å². The minimum atomic E-state index is -0.469. The van der Waals surface area contributed by atoms with E-state index in [1.165, 1.54) is 31.1 Å². The zero-order valence-corrected chi connectivity index (χ0v) is 16.5. The van der Waals surface area contributed by atoms with E-state index >= 15 is 0 Å². The van der Waals surface area contributed by atoms with Crippen LogP contribution < -0.4 is 0 Å². The monoisotopic (exact) mass is 403 g/mol. The molecule has 10 heteroatoms. The summed E-state index contributed by atoms with van der Waals surface area (Å²) in [6, 6.07) is 3.81. The third kappa shape index (κ3) is 2.95.